The van der Waals surface area contributed by atoms with Gasteiger partial charge in [-0.15, -0.1) is 11.8 Å². The van der Waals surface area contributed by atoms with Crippen molar-refractivity contribution >= 4 is 17.4 Å². The number of aryl methyl sites for hydroxylation is 1. The van der Waals surface area contributed by atoms with Crippen LogP contribution in [0.25, 0.3) is 0 Å². The molecule has 88 valence electrons. The van der Waals surface area contributed by atoms with E-state index in [-0.39, 0.29) is 0 Å². The van der Waals surface area contributed by atoms with E-state index in [1.807, 2.05) is 23.9 Å². The van der Waals surface area contributed by atoms with Crippen molar-refractivity contribution in [1.82, 2.24) is 0 Å². The molecule has 1 aromatic rings. The van der Waals surface area contributed by atoms with E-state index >= 15 is 0 Å². The van der Waals surface area contributed by atoms with Crippen LogP contribution in [0.2, 0.25) is 0 Å². The standard InChI is InChI=1S/C13H19NOS/c1-9-3-6-12(14)13(7-9)16-8-11-5-4-10(2)15-11/h3,6-7,10-11H,4-5,8,14H2,1-2H3. The minimum absolute atomic E-state index is 0.403. The van der Waals surface area contributed by atoms with E-state index in [4.69, 9.17) is 10.5 Å². The van der Waals surface area contributed by atoms with E-state index in [1.54, 1.807) is 0 Å². The molecule has 0 saturated carbocycles. The molecular formula is C13H19NOS. The molecule has 2 atom stereocenters. The molecule has 3 heteroatoms. The monoisotopic (exact) mass is 237 g/mol. The van der Waals surface area contributed by atoms with Crippen LogP contribution in [-0.2, 0) is 4.74 Å². The van der Waals surface area contributed by atoms with E-state index in [0.717, 1.165) is 11.4 Å². The Balaban J connectivity index is 1.91. The number of thioether (sulfide) groups is 1. The summed E-state index contributed by atoms with van der Waals surface area (Å²) in [5.74, 6) is 1.01. The summed E-state index contributed by atoms with van der Waals surface area (Å²) >= 11 is 1.81. The molecule has 1 aliphatic rings. The number of nitrogens with two attached hydrogens (primary N) is 1. The van der Waals surface area contributed by atoms with Gasteiger partial charge < -0.3 is 10.5 Å². The molecule has 0 aliphatic carbocycles. The van der Waals surface area contributed by atoms with E-state index in [9.17, 15) is 0 Å². The molecule has 0 amide bonds. The summed E-state index contributed by atoms with van der Waals surface area (Å²) in [7, 11) is 0. The fourth-order valence-electron chi connectivity index (χ4n) is 1.96. The van der Waals surface area contributed by atoms with Crippen molar-refractivity contribution in [2.24, 2.45) is 0 Å². The SMILES string of the molecule is Cc1ccc(N)c(SCC2CCC(C)O2)c1. The Labute approximate surface area is 102 Å². The molecule has 0 spiro atoms. The first-order valence-electron chi connectivity index (χ1n) is 5.79. The first-order chi connectivity index (χ1) is 7.65. The zero-order valence-corrected chi connectivity index (χ0v) is 10.7. The molecule has 1 fully saturated rings. The van der Waals surface area contributed by atoms with E-state index < -0.39 is 0 Å². The predicted molar refractivity (Wildman–Crippen MR) is 69.9 cm³/mol. The Hall–Kier alpha value is -0.670. The molecule has 1 aliphatic heterocycles. The Bertz CT molecular complexity index is 367. The normalized spacial score (nSPS) is 24.9. The number of anilines is 1. The quantitative estimate of drug-likeness (QED) is 0.647. The largest absolute Gasteiger partial charge is 0.398 e. The van der Waals surface area contributed by atoms with Crippen LogP contribution in [0.3, 0.4) is 0 Å². The molecule has 1 heterocycles. The molecule has 2 N–H and O–H groups in total. The molecule has 1 aromatic carbocycles. The van der Waals surface area contributed by atoms with Crippen molar-refractivity contribution in [3.05, 3.63) is 23.8 Å². The third-order valence-corrected chi connectivity index (χ3v) is 4.12. The van der Waals surface area contributed by atoms with Gasteiger partial charge in [-0.3, -0.25) is 0 Å². The van der Waals surface area contributed by atoms with E-state index in [1.165, 1.54) is 23.3 Å². The number of rotatable bonds is 3. The van der Waals surface area contributed by atoms with Crippen LogP contribution in [0.15, 0.2) is 23.1 Å². The Morgan fingerprint density at radius 1 is 1.44 bits per heavy atom. The average molecular weight is 237 g/mol. The first-order valence-corrected chi connectivity index (χ1v) is 6.78. The zero-order valence-electron chi connectivity index (χ0n) is 9.90. The van der Waals surface area contributed by atoms with Crippen molar-refractivity contribution in [1.29, 1.82) is 0 Å². The minimum atomic E-state index is 0.403. The Morgan fingerprint density at radius 3 is 2.94 bits per heavy atom. The van der Waals surface area contributed by atoms with Gasteiger partial charge in [-0.25, -0.2) is 0 Å². The molecular weight excluding hydrogens is 218 g/mol. The minimum Gasteiger partial charge on any atom is -0.398 e. The molecule has 16 heavy (non-hydrogen) atoms. The lowest BCUT2D eigenvalue weighted by atomic mass is 10.2. The number of benzene rings is 1. The highest BCUT2D eigenvalue weighted by atomic mass is 32.2. The fourth-order valence-corrected chi connectivity index (χ4v) is 3.07. The third kappa shape index (κ3) is 2.92. The van der Waals surface area contributed by atoms with E-state index in [2.05, 4.69) is 19.9 Å². The summed E-state index contributed by atoms with van der Waals surface area (Å²) < 4.78 is 5.79. The Morgan fingerprint density at radius 2 is 2.25 bits per heavy atom. The maximum absolute atomic E-state index is 5.94. The van der Waals surface area contributed by atoms with Gasteiger partial charge in [-0.05, 0) is 44.4 Å². The molecule has 2 nitrogen and oxygen atoms in total. The van der Waals surface area contributed by atoms with Crippen LogP contribution in [0, 0.1) is 6.92 Å². The molecule has 1 saturated heterocycles. The molecule has 2 unspecified atom stereocenters. The predicted octanol–water partition coefficient (Wildman–Crippen LogP) is 3.24. The summed E-state index contributed by atoms with van der Waals surface area (Å²) in [6, 6.07) is 6.18. The molecule has 2 rings (SSSR count). The van der Waals surface area contributed by atoms with Crippen molar-refractivity contribution < 1.29 is 4.74 Å². The van der Waals surface area contributed by atoms with Crippen LogP contribution in [0.5, 0.6) is 0 Å². The lowest BCUT2D eigenvalue weighted by Crippen LogP contribution is -2.10. The van der Waals surface area contributed by atoms with Crippen LogP contribution >= 0.6 is 11.8 Å². The number of nitrogen functional groups attached to an aromatic ring is 1. The second-order valence-electron chi connectivity index (χ2n) is 4.50. The second kappa shape index (κ2) is 5.11. The summed E-state index contributed by atoms with van der Waals surface area (Å²) in [5.41, 5.74) is 8.08. The first kappa shape index (κ1) is 11.8. The lowest BCUT2D eigenvalue weighted by molar-refractivity contribution is 0.0700. The second-order valence-corrected chi connectivity index (χ2v) is 5.56. The highest BCUT2D eigenvalue weighted by Gasteiger charge is 2.21. The average Bonchev–Trinajstić information content (AvgIpc) is 2.66. The van der Waals surface area contributed by atoms with Gasteiger partial charge in [0.05, 0.1) is 12.2 Å². The van der Waals surface area contributed by atoms with Gasteiger partial charge in [-0.2, -0.15) is 0 Å². The van der Waals surface area contributed by atoms with Crippen LogP contribution in [0.1, 0.15) is 25.3 Å². The van der Waals surface area contributed by atoms with Crippen LogP contribution < -0.4 is 5.73 Å². The van der Waals surface area contributed by atoms with Gasteiger partial charge in [0.25, 0.3) is 0 Å². The van der Waals surface area contributed by atoms with Gasteiger partial charge in [0, 0.05) is 16.3 Å². The van der Waals surface area contributed by atoms with Crippen LogP contribution in [0.4, 0.5) is 5.69 Å². The number of hydrogen-bond donors (Lipinski definition) is 1. The van der Waals surface area contributed by atoms with Crippen molar-refractivity contribution in [3.63, 3.8) is 0 Å². The zero-order chi connectivity index (χ0) is 11.5. The summed E-state index contributed by atoms with van der Waals surface area (Å²) in [6.45, 7) is 4.24. The van der Waals surface area contributed by atoms with Gasteiger partial charge in [-0.1, -0.05) is 6.07 Å². The fraction of sp³-hybridized carbons (Fsp3) is 0.538. The van der Waals surface area contributed by atoms with Gasteiger partial charge >= 0.3 is 0 Å². The summed E-state index contributed by atoms with van der Waals surface area (Å²) in [5, 5.41) is 0. The van der Waals surface area contributed by atoms with Gasteiger partial charge in [0.15, 0.2) is 0 Å². The van der Waals surface area contributed by atoms with Crippen molar-refractivity contribution in [2.75, 3.05) is 11.5 Å². The molecule has 0 radical (unpaired) electrons. The van der Waals surface area contributed by atoms with Crippen LogP contribution in [-0.4, -0.2) is 18.0 Å². The lowest BCUT2D eigenvalue weighted by Gasteiger charge is -2.12. The smallest absolute Gasteiger partial charge is 0.0673 e. The number of hydrogen-bond acceptors (Lipinski definition) is 3. The summed E-state index contributed by atoms with van der Waals surface area (Å²) in [4.78, 5) is 1.18. The number of ether oxygens (including phenoxy) is 1. The Kier molecular flexibility index (Phi) is 3.77. The van der Waals surface area contributed by atoms with Gasteiger partial charge in [0.1, 0.15) is 0 Å². The third-order valence-electron chi connectivity index (χ3n) is 2.91. The molecule has 0 bridgehead atoms. The van der Waals surface area contributed by atoms with Crippen molar-refractivity contribution in [2.45, 2.75) is 43.8 Å². The summed E-state index contributed by atoms with van der Waals surface area (Å²) in [6.07, 6.45) is 3.20. The van der Waals surface area contributed by atoms with E-state index in [0.29, 0.717) is 12.2 Å². The highest BCUT2D eigenvalue weighted by molar-refractivity contribution is 7.99. The van der Waals surface area contributed by atoms with Gasteiger partial charge in [0.2, 0.25) is 0 Å². The molecule has 0 aromatic heterocycles. The maximum atomic E-state index is 5.94. The topological polar surface area (TPSA) is 35.2 Å². The maximum Gasteiger partial charge on any atom is 0.0673 e. The van der Waals surface area contributed by atoms with Crippen molar-refractivity contribution in [3.8, 4) is 0 Å². The highest BCUT2D eigenvalue weighted by Crippen LogP contribution is 2.30.